The van der Waals surface area contributed by atoms with Crippen LogP contribution < -0.4 is 5.73 Å². The van der Waals surface area contributed by atoms with Gasteiger partial charge in [-0.2, -0.15) is 0 Å². The third kappa shape index (κ3) is 2.05. The highest BCUT2D eigenvalue weighted by molar-refractivity contribution is 6.42. The molecule has 0 aliphatic heterocycles. The highest BCUT2D eigenvalue weighted by atomic mass is 35.5. The third-order valence-electron chi connectivity index (χ3n) is 5.58. The fraction of sp³-hybridized carbons (Fsp3) is 0.562. The molecule has 2 bridgehead atoms. The minimum atomic E-state index is 0.363. The molecule has 0 amide bonds. The van der Waals surface area contributed by atoms with E-state index in [1.807, 2.05) is 6.07 Å². The number of hydrogen-bond donors (Lipinski definition) is 1. The summed E-state index contributed by atoms with van der Waals surface area (Å²) in [6.45, 7) is 2.27. The number of halogens is 2. The maximum absolute atomic E-state index is 6.19. The summed E-state index contributed by atoms with van der Waals surface area (Å²) in [5.41, 5.74) is 8.01. The standard InChI is InChI=1S/C16H19Cl2N3/c1-8(11-5-9-2-3-10(11)4-9)21-15-7-13(18)12(17)6-14(15)20-16(21)19/h6-11H,2-5H2,1H3,(H2,19,20). The molecule has 5 heteroatoms. The Balaban J connectivity index is 1.78. The van der Waals surface area contributed by atoms with Crippen LogP contribution in [-0.4, -0.2) is 9.55 Å². The van der Waals surface area contributed by atoms with Gasteiger partial charge in [0.25, 0.3) is 0 Å². The topological polar surface area (TPSA) is 43.8 Å². The van der Waals surface area contributed by atoms with Crippen LogP contribution in [0.5, 0.6) is 0 Å². The lowest BCUT2D eigenvalue weighted by atomic mass is 9.84. The summed E-state index contributed by atoms with van der Waals surface area (Å²) in [4.78, 5) is 4.47. The van der Waals surface area contributed by atoms with Crippen molar-refractivity contribution in [2.75, 3.05) is 5.73 Å². The van der Waals surface area contributed by atoms with Crippen molar-refractivity contribution in [3.05, 3.63) is 22.2 Å². The molecule has 1 aromatic heterocycles. The van der Waals surface area contributed by atoms with Gasteiger partial charge in [0.05, 0.1) is 21.1 Å². The van der Waals surface area contributed by atoms with Crippen LogP contribution in [0.25, 0.3) is 11.0 Å². The summed E-state index contributed by atoms with van der Waals surface area (Å²) in [5.74, 6) is 3.05. The van der Waals surface area contributed by atoms with E-state index in [0.717, 1.165) is 22.9 Å². The highest BCUT2D eigenvalue weighted by Gasteiger charge is 2.42. The van der Waals surface area contributed by atoms with Gasteiger partial charge in [-0.3, -0.25) is 0 Å². The molecule has 112 valence electrons. The molecule has 0 radical (unpaired) electrons. The number of rotatable bonds is 2. The molecular formula is C16H19Cl2N3. The second kappa shape index (κ2) is 4.79. The molecule has 1 heterocycles. The number of benzene rings is 1. The van der Waals surface area contributed by atoms with Crippen LogP contribution in [0.3, 0.4) is 0 Å². The largest absolute Gasteiger partial charge is 0.369 e. The fourth-order valence-corrected chi connectivity index (χ4v) is 4.93. The van der Waals surface area contributed by atoms with Gasteiger partial charge in [-0.25, -0.2) is 4.98 Å². The van der Waals surface area contributed by atoms with Crippen molar-refractivity contribution in [3.63, 3.8) is 0 Å². The highest BCUT2D eigenvalue weighted by Crippen LogP contribution is 2.52. The fourth-order valence-electron chi connectivity index (χ4n) is 4.61. The molecule has 21 heavy (non-hydrogen) atoms. The van der Waals surface area contributed by atoms with E-state index < -0.39 is 0 Å². The van der Waals surface area contributed by atoms with Crippen LogP contribution in [0.2, 0.25) is 10.0 Å². The molecule has 2 fully saturated rings. The first-order valence-corrected chi connectivity index (χ1v) is 8.42. The third-order valence-corrected chi connectivity index (χ3v) is 6.30. The minimum absolute atomic E-state index is 0.363. The zero-order valence-corrected chi connectivity index (χ0v) is 13.5. The van der Waals surface area contributed by atoms with Gasteiger partial charge in [0.2, 0.25) is 5.95 Å². The molecule has 3 nitrogen and oxygen atoms in total. The molecule has 2 saturated carbocycles. The summed E-state index contributed by atoms with van der Waals surface area (Å²) in [7, 11) is 0. The Hall–Kier alpha value is -0.930. The van der Waals surface area contributed by atoms with E-state index in [1.54, 1.807) is 6.07 Å². The molecule has 4 unspecified atom stereocenters. The second-order valence-corrected chi connectivity index (χ2v) is 7.49. The Labute approximate surface area is 134 Å². The van der Waals surface area contributed by atoms with Crippen molar-refractivity contribution in [2.45, 2.75) is 38.6 Å². The number of aromatic nitrogens is 2. The van der Waals surface area contributed by atoms with E-state index in [0.29, 0.717) is 28.0 Å². The number of hydrogen-bond acceptors (Lipinski definition) is 2. The average molecular weight is 324 g/mol. The van der Waals surface area contributed by atoms with E-state index in [-0.39, 0.29) is 0 Å². The van der Waals surface area contributed by atoms with E-state index >= 15 is 0 Å². The van der Waals surface area contributed by atoms with Gasteiger partial charge in [0.1, 0.15) is 0 Å². The molecule has 0 saturated heterocycles. The van der Waals surface area contributed by atoms with Gasteiger partial charge in [0.15, 0.2) is 0 Å². The minimum Gasteiger partial charge on any atom is -0.369 e. The first-order valence-electron chi connectivity index (χ1n) is 7.67. The number of fused-ring (bicyclic) bond motifs is 3. The molecule has 2 aliphatic carbocycles. The van der Waals surface area contributed by atoms with Crippen molar-refractivity contribution in [1.82, 2.24) is 9.55 Å². The summed E-state index contributed by atoms with van der Waals surface area (Å²) < 4.78 is 2.16. The second-order valence-electron chi connectivity index (χ2n) is 6.67. The smallest absolute Gasteiger partial charge is 0.201 e. The molecule has 2 N–H and O–H groups in total. The molecule has 2 aliphatic rings. The van der Waals surface area contributed by atoms with Crippen molar-refractivity contribution < 1.29 is 0 Å². The van der Waals surface area contributed by atoms with E-state index in [1.165, 1.54) is 25.7 Å². The zero-order valence-electron chi connectivity index (χ0n) is 12.0. The van der Waals surface area contributed by atoms with E-state index in [4.69, 9.17) is 28.9 Å². The number of nitrogens with two attached hydrogens (primary N) is 1. The predicted molar refractivity (Wildman–Crippen MR) is 87.8 cm³/mol. The van der Waals surface area contributed by atoms with Gasteiger partial charge >= 0.3 is 0 Å². The lowest BCUT2D eigenvalue weighted by Crippen LogP contribution is -2.23. The van der Waals surface area contributed by atoms with Gasteiger partial charge in [0, 0.05) is 6.04 Å². The SMILES string of the molecule is CC(C1CC2CCC1C2)n1c(N)nc2cc(Cl)c(Cl)cc21. The van der Waals surface area contributed by atoms with Crippen molar-refractivity contribution in [2.24, 2.45) is 17.8 Å². The lowest BCUT2D eigenvalue weighted by Gasteiger charge is -2.29. The number of anilines is 1. The lowest BCUT2D eigenvalue weighted by molar-refractivity contribution is 0.248. The molecule has 4 atom stereocenters. The summed E-state index contributed by atoms with van der Waals surface area (Å²) in [6, 6.07) is 4.06. The van der Waals surface area contributed by atoms with Crippen LogP contribution in [0, 0.1) is 17.8 Å². The Kier molecular flexibility index (Phi) is 3.13. The normalized spacial score (nSPS) is 29.4. The van der Waals surface area contributed by atoms with Crippen LogP contribution in [-0.2, 0) is 0 Å². The quantitative estimate of drug-likeness (QED) is 0.852. The predicted octanol–water partition coefficient (Wildman–Crippen LogP) is 4.92. The van der Waals surface area contributed by atoms with Crippen molar-refractivity contribution >= 4 is 40.2 Å². The molecule has 4 rings (SSSR count). The Bertz CT molecular complexity index is 709. The first-order chi connectivity index (χ1) is 10.0. The molecule has 1 aromatic carbocycles. The van der Waals surface area contributed by atoms with Gasteiger partial charge < -0.3 is 10.3 Å². The first kappa shape index (κ1) is 13.7. The molecule has 0 spiro atoms. The van der Waals surface area contributed by atoms with E-state index in [9.17, 15) is 0 Å². The molecular weight excluding hydrogens is 305 g/mol. The average Bonchev–Trinajstić information content (AvgIpc) is 3.12. The number of imidazole rings is 1. The Morgan fingerprint density at radius 2 is 2.00 bits per heavy atom. The van der Waals surface area contributed by atoms with Crippen LogP contribution in [0.15, 0.2) is 12.1 Å². The maximum Gasteiger partial charge on any atom is 0.201 e. The summed E-state index contributed by atoms with van der Waals surface area (Å²) >= 11 is 12.3. The van der Waals surface area contributed by atoms with Crippen LogP contribution >= 0.6 is 23.2 Å². The summed E-state index contributed by atoms with van der Waals surface area (Å²) in [5, 5.41) is 1.09. The van der Waals surface area contributed by atoms with Gasteiger partial charge in [-0.1, -0.05) is 29.6 Å². The summed E-state index contributed by atoms with van der Waals surface area (Å²) in [6.07, 6.45) is 5.51. The van der Waals surface area contributed by atoms with Crippen molar-refractivity contribution in [1.29, 1.82) is 0 Å². The maximum atomic E-state index is 6.19. The Morgan fingerprint density at radius 1 is 1.24 bits per heavy atom. The Morgan fingerprint density at radius 3 is 2.67 bits per heavy atom. The van der Waals surface area contributed by atoms with Gasteiger partial charge in [-0.15, -0.1) is 0 Å². The van der Waals surface area contributed by atoms with E-state index in [2.05, 4.69) is 16.5 Å². The monoisotopic (exact) mass is 323 g/mol. The van der Waals surface area contributed by atoms with Crippen molar-refractivity contribution in [3.8, 4) is 0 Å². The zero-order chi connectivity index (χ0) is 14.7. The molecule has 2 aromatic rings. The van der Waals surface area contributed by atoms with Crippen LogP contribution in [0.4, 0.5) is 5.95 Å². The van der Waals surface area contributed by atoms with Gasteiger partial charge in [-0.05, 0) is 56.1 Å². The van der Waals surface area contributed by atoms with Crippen LogP contribution in [0.1, 0.15) is 38.6 Å². The number of nitrogens with zero attached hydrogens (tertiary/aromatic N) is 2. The number of nitrogen functional groups attached to an aromatic ring is 1.